The van der Waals surface area contributed by atoms with Crippen LogP contribution in [0.1, 0.15) is 5.56 Å². The first-order chi connectivity index (χ1) is 8.22. The summed E-state index contributed by atoms with van der Waals surface area (Å²) in [6.45, 7) is -0.0101. The van der Waals surface area contributed by atoms with Gasteiger partial charge in [-0.2, -0.15) is 9.97 Å². The average Bonchev–Trinajstić information content (AvgIpc) is 2.38. The Kier molecular flexibility index (Phi) is 3.56. The van der Waals surface area contributed by atoms with E-state index in [1.54, 1.807) is 6.07 Å². The lowest BCUT2D eigenvalue weighted by atomic mass is 10.1. The second-order valence-electron chi connectivity index (χ2n) is 3.42. The minimum absolute atomic E-state index is 0.0101. The molecule has 88 valence electrons. The first-order valence-corrected chi connectivity index (χ1v) is 5.39. The van der Waals surface area contributed by atoms with Gasteiger partial charge in [-0.3, -0.25) is 0 Å². The molecule has 0 aliphatic heterocycles. The summed E-state index contributed by atoms with van der Waals surface area (Å²) < 4.78 is 4.96. The molecule has 0 aliphatic rings. The second-order valence-corrected chi connectivity index (χ2v) is 3.81. The highest BCUT2D eigenvalue weighted by molar-refractivity contribution is 6.29. The highest BCUT2D eigenvalue weighted by Crippen LogP contribution is 2.23. The Bertz CT molecular complexity index is 532. The number of hydrogen-bond acceptors (Lipinski definition) is 4. The van der Waals surface area contributed by atoms with Crippen molar-refractivity contribution in [1.82, 2.24) is 9.97 Å². The molecule has 1 heterocycles. The summed E-state index contributed by atoms with van der Waals surface area (Å²) >= 11 is 5.87. The van der Waals surface area contributed by atoms with Gasteiger partial charge in [0.2, 0.25) is 0 Å². The third-order valence-corrected chi connectivity index (χ3v) is 2.46. The quantitative estimate of drug-likeness (QED) is 0.850. The molecule has 0 bridgehead atoms. The molecule has 2 aromatic rings. The molecule has 0 radical (unpaired) electrons. The Labute approximate surface area is 104 Å². The smallest absolute Gasteiger partial charge is 0.318 e. The monoisotopic (exact) mass is 250 g/mol. The van der Waals surface area contributed by atoms with Crippen molar-refractivity contribution in [2.45, 2.75) is 6.61 Å². The number of aliphatic hydroxyl groups excluding tert-OH is 1. The topological polar surface area (TPSA) is 55.2 Å². The van der Waals surface area contributed by atoms with Crippen molar-refractivity contribution in [2.24, 2.45) is 0 Å². The van der Waals surface area contributed by atoms with Crippen molar-refractivity contribution in [3.63, 3.8) is 0 Å². The lowest BCUT2D eigenvalue weighted by Crippen LogP contribution is -1.94. The molecule has 5 heteroatoms. The summed E-state index contributed by atoms with van der Waals surface area (Å²) in [5.41, 5.74) is 2.34. The molecule has 0 unspecified atom stereocenters. The van der Waals surface area contributed by atoms with Crippen LogP contribution in [0.3, 0.4) is 0 Å². The molecule has 0 fully saturated rings. The van der Waals surface area contributed by atoms with Crippen LogP contribution >= 0.6 is 11.6 Å². The lowest BCUT2D eigenvalue weighted by molar-refractivity contribution is 0.282. The van der Waals surface area contributed by atoms with E-state index in [-0.39, 0.29) is 12.6 Å². The van der Waals surface area contributed by atoms with Gasteiger partial charge in [0.25, 0.3) is 0 Å². The zero-order valence-corrected chi connectivity index (χ0v) is 9.98. The van der Waals surface area contributed by atoms with Crippen LogP contribution in [-0.4, -0.2) is 22.2 Å². The Morgan fingerprint density at radius 1 is 1.29 bits per heavy atom. The number of nitrogens with zero attached hydrogens (tertiary/aromatic N) is 2. The van der Waals surface area contributed by atoms with Gasteiger partial charge in [0.15, 0.2) is 0 Å². The Morgan fingerprint density at radius 2 is 2.12 bits per heavy atom. The van der Waals surface area contributed by atoms with Crippen LogP contribution in [0.4, 0.5) is 0 Å². The molecule has 0 spiro atoms. The molecule has 1 aromatic heterocycles. The van der Waals surface area contributed by atoms with E-state index in [0.717, 1.165) is 11.1 Å². The van der Waals surface area contributed by atoms with E-state index >= 15 is 0 Å². The summed E-state index contributed by atoms with van der Waals surface area (Å²) in [7, 11) is 1.49. The molecular weight excluding hydrogens is 240 g/mol. The van der Waals surface area contributed by atoms with Gasteiger partial charge in [0.05, 0.1) is 19.4 Å². The van der Waals surface area contributed by atoms with Crippen molar-refractivity contribution in [3.05, 3.63) is 41.0 Å². The predicted molar refractivity (Wildman–Crippen MR) is 65.0 cm³/mol. The highest BCUT2D eigenvalue weighted by atomic mass is 35.5. The Morgan fingerprint density at radius 3 is 2.82 bits per heavy atom. The van der Waals surface area contributed by atoms with Gasteiger partial charge in [-0.15, -0.1) is 0 Å². The maximum Gasteiger partial charge on any atom is 0.318 e. The molecule has 1 N–H and O–H groups in total. The average molecular weight is 251 g/mol. The van der Waals surface area contributed by atoms with Gasteiger partial charge in [-0.05, 0) is 11.6 Å². The zero-order valence-electron chi connectivity index (χ0n) is 9.22. The SMILES string of the molecule is COc1nc(Cl)cc(-c2cccc(CO)c2)n1. The first kappa shape index (κ1) is 11.8. The normalized spacial score (nSPS) is 10.3. The number of aliphatic hydroxyl groups is 1. The number of methoxy groups -OCH3 is 1. The molecule has 0 atom stereocenters. The summed E-state index contributed by atoms with van der Waals surface area (Å²) in [5.74, 6) is 0. The number of rotatable bonds is 3. The summed E-state index contributed by atoms with van der Waals surface area (Å²) in [6.07, 6.45) is 0. The van der Waals surface area contributed by atoms with Crippen molar-refractivity contribution in [1.29, 1.82) is 0 Å². The van der Waals surface area contributed by atoms with E-state index in [2.05, 4.69) is 9.97 Å². The second kappa shape index (κ2) is 5.12. The van der Waals surface area contributed by atoms with Gasteiger partial charge < -0.3 is 9.84 Å². The minimum Gasteiger partial charge on any atom is -0.467 e. The van der Waals surface area contributed by atoms with E-state index in [4.69, 9.17) is 21.4 Å². The predicted octanol–water partition coefficient (Wildman–Crippen LogP) is 2.30. The number of ether oxygens (including phenoxy) is 1. The maximum atomic E-state index is 9.08. The van der Waals surface area contributed by atoms with Gasteiger partial charge in [0.1, 0.15) is 5.15 Å². The molecule has 4 nitrogen and oxygen atoms in total. The molecule has 2 rings (SSSR count). The number of hydrogen-bond donors (Lipinski definition) is 1. The molecule has 17 heavy (non-hydrogen) atoms. The van der Waals surface area contributed by atoms with Gasteiger partial charge >= 0.3 is 6.01 Å². The van der Waals surface area contributed by atoms with E-state index in [1.807, 2.05) is 24.3 Å². The van der Waals surface area contributed by atoms with Crippen LogP contribution in [0.5, 0.6) is 6.01 Å². The van der Waals surface area contributed by atoms with Crippen LogP contribution < -0.4 is 4.74 Å². The van der Waals surface area contributed by atoms with Gasteiger partial charge in [-0.25, -0.2) is 0 Å². The molecular formula is C12H11ClN2O2. The van der Waals surface area contributed by atoms with Crippen LogP contribution in [0.15, 0.2) is 30.3 Å². The molecule has 0 saturated carbocycles. The summed E-state index contributed by atoms with van der Waals surface area (Å²) in [5, 5.41) is 9.40. The minimum atomic E-state index is -0.0101. The molecule has 0 aliphatic carbocycles. The van der Waals surface area contributed by atoms with Gasteiger partial charge in [0, 0.05) is 11.6 Å². The standard InChI is InChI=1S/C12H11ClN2O2/c1-17-12-14-10(6-11(13)15-12)9-4-2-3-8(5-9)7-16/h2-6,16H,7H2,1H3. The molecule has 1 aromatic carbocycles. The fraction of sp³-hybridized carbons (Fsp3) is 0.167. The fourth-order valence-electron chi connectivity index (χ4n) is 1.46. The van der Waals surface area contributed by atoms with Crippen LogP contribution in [0.2, 0.25) is 5.15 Å². The van der Waals surface area contributed by atoms with E-state index < -0.39 is 0 Å². The summed E-state index contributed by atoms with van der Waals surface area (Å²) in [4.78, 5) is 8.10. The molecule has 0 amide bonds. The Balaban J connectivity index is 2.47. The maximum absolute atomic E-state index is 9.08. The van der Waals surface area contributed by atoms with Crippen molar-refractivity contribution in [2.75, 3.05) is 7.11 Å². The van der Waals surface area contributed by atoms with Crippen molar-refractivity contribution >= 4 is 11.6 Å². The van der Waals surface area contributed by atoms with Crippen LogP contribution in [-0.2, 0) is 6.61 Å². The van der Waals surface area contributed by atoms with E-state index in [1.165, 1.54) is 7.11 Å². The third-order valence-electron chi connectivity index (χ3n) is 2.26. The number of benzene rings is 1. The third kappa shape index (κ3) is 2.72. The van der Waals surface area contributed by atoms with Crippen LogP contribution in [0, 0.1) is 0 Å². The number of halogens is 1. The number of aromatic nitrogens is 2. The van der Waals surface area contributed by atoms with E-state index in [0.29, 0.717) is 10.8 Å². The fourth-order valence-corrected chi connectivity index (χ4v) is 1.64. The molecule has 0 saturated heterocycles. The van der Waals surface area contributed by atoms with E-state index in [9.17, 15) is 0 Å². The lowest BCUT2D eigenvalue weighted by Gasteiger charge is -2.05. The Hall–Kier alpha value is -1.65. The summed E-state index contributed by atoms with van der Waals surface area (Å²) in [6, 6.07) is 9.30. The highest BCUT2D eigenvalue weighted by Gasteiger charge is 2.06. The van der Waals surface area contributed by atoms with Crippen LogP contribution in [0.25, 0.3) is 11.3 Å². The zero-order chi connectivity index (χ0) is 12.3. The van der Waals surface area contributed by atoms with Gasteiger partial charge in [-0.1, -0.05) is 29.8 Å². The largest absolute Gasteiger partial charge is 0.467 e. The first-order valence-electron chi connectivity index (χ1n) is 5.01. The van der Waals surface area contributed by atoms with Crippen molar-refractivity contribution in [3.8, 4) is 17.3 Å². The van der Waals surface area contributed by atoms with Crippen molar-refractivity contribution < 1.29 is 9.84 Å².